The molecule has 2 aromatic rings. The van der Waals surface area contributed by atoms with Gasteiger partial charge in [-0.05, 0) is 23.8 Å². The minimum atomic E-state index is -0.687. The molecule has 0 bridgehead atoms. The fourth-order valence-electron chi connectivity index (χ4n) is 2.00. The zero-order chi connectivity index (χ0) is 18.9. The molecule has 136 valence electrons. The monoisotopic (exact) mass is 359 g/mol. The van der Waals surface area contributed by atoms with Gasteiger partial charge < -0.3 is 19.5 Å². The van der Waals surface area contributed by atoms with Crippen LogP contribution in [-0.4, -0.2) is 32.7 Å². The fraction of sp³-hybridized carbons (Fsp3) is 0.158. The Labute approximate surface area is 150 Å². The van der Waals surface area contributed by atoms with E-state index in [4.69, 9.17) is 14.2 Å². The highest BCUT2D eigenvalue weighted by atomic mass is 19.1. The summed E-state index contributed by atoms with van der Waals surface area (Å²) in [6.07, 6.45) is 2.63. The van der Waals surface area contributed by atoms with Crippen LogP contribution in [-0.2, 0) is 14.3 Å². The molecule has 0 spiro atoms. The number of rotatable bonds is 7. The van der Waals surface area contributed by atoms with Gasteiger partial charge in [-0.3, -0.25) is 4.79 Å². The highest BCUT2D eigenvalue weighted by Crippen LogP contribution is 2.25. The first kappa shape index (κ1) is 19.0. The lowest BCUT2D eigenvalue weighted by atomic mass is 10.2. The predicted molar refractivity (Wildman–Crippen MR) is 94.6 cm³/mol. The second kappa shape index (κ2) is 9.22. The maximum atomic E-state index is 12.8. The molecule has 2 rings (SSSR count). The number of nitrogens with one attached hydrogen (secondary N) is 1. The quantitative estimate of drug-likeness (QED) is 0.608. The lowest BCUT2D eigenvalue weighted by Gasteiger charge is -2.09. The molecular weight excluding hydrogens is 341 g/mol. The largest absolute Gasteiger partial charge is 0.497 e. The Balaban J connectivity index is 1.86. The topological polar surface area (TPSA) is 73.9 Å². The van der Waals surface area contributed by atoms with Crippen molar-refractivity contribution < 1.29 is 28.2 Å². The SMILES string of the molecule is COc1cc(NC(=O)COC(=O)/C=C/c2ccc(F)cc2)cc(OC)c1. The molecule has 0 aliphatic rings. The average Bonchev–Trinajstić information content (AvgIpc) is 2.65. The van der Waals surface area contributed by atoms with E-state index in [1.54, 1.807) is 18.2 Å². The van der Waals surface area contributed by atoms with Crippen molar-refractivity contribution in [3.05, 3.63) is 59.9 Å². The number of esters is 1. The van der Waals surface area contributed by atoms with Crippen LogP contribution in [0.2, 0.25) is 0 Å². The van der Waals surface area contributed by atoms with Crippen molar-refractivity contribution in [1.29, 1.82) is 0 Å². The smallest absolute Gasteiger partial charge is 0.331 e. The number of benzene rings is 2. The number of halogens is 1. The molecule has 0 saturated carbocycles. The number of carbonyl (C=O) groups excluding carboxylic acids is 2. The van der Waals surface area contributed by atoms with E-state index in [0.717, 1.165) is 6.08 Å². The van der Waals surface area contributed by atoms with Gasteiger partial charge in [0.25, 0.3) is 5.91 Å². The van der Waals surface area contributed by atoms with Gasteiger partial charge >= 0.3 is 5.97 Å². The zero-order valence-corrected chi connectivity index (χ0v) is 14.3. The molecule has 0 fully saturated rings. The van der Waals surface area contributed by atoms with E-state index in [-0.39, 0.29) is 5.82 Å². The summed E-state index contributed by atoms with van der Waals surface area (Å²) in [6, 6.07) is 10.5. The second-order valence-electron chi connectivity index (χ2n) is 5.14. The number of methoxy groups -OCH3 is 2. The van der Waals surface area contributed by atoms with Gasteiger partial charge in [-0.1, -0.05) is 12.1 Å². The maximum absolute atomic E-state index is 12.8. The van der Waals surface area contributed by atoms with Crippen LogP contribution < -0.4 is 14.8 Å². The molecule has 6 nitrogen and oxygen atoms in total. The predicted octanol–water partition coefficient (Wildman–Crippen LogP) is 3.04. The molecule has 2 aromatic carbocycles. The van der Waals surface area contributed by atoms with E-state index in [0.29, 0.717) is 22.7 Å². The summed E-state index contributed by atoms with van der Waals surface area (Å²) in [5.41, 5.74) is 1.08. The number of amides is 1. The molecule has 1 N–H and O–H groups in total. The molecule has 0 aliphatic heterocycles. The van der Waals surface area contributed by atoms with Crippen LogP contribution in [0.4, 0.5) is 10.1 Å². The molecule has 0 aromatic heterocycles. The molecule has 0 saturated heterocycles. The van der Waals surface area contributed by atoms with Gasteiger partial charge in [-0.15, -0.1) is 0 Å². The number of hydrogen-bond acceptors (Lipinski definition) is 5. The van der Waals surface area contributed by atoms with Crippen LogP contribution in [0.25, 0.3) is 6.08 Å². The van der Waals surface area contributed by atoms with Crippen molar-refractivity contribution in [2.45, 2.75) is 0 Å². The Kier molecular flexibility index (Phi) is 6.73. The molecule has 1 amide bonds. The van der Waals surface area contributed by atoms with Crippen molar-refractivity contribution >= 4 is 23.6 Å². The van der Waals surface area contributed by atoms with Gasteiger partial charge in [0.1, 0.15) is 17.3 Å². The van der Waals surface area contributed by atoms with Crippen LogP contribution in [0, 0.1) is 5.82 Å². The normalized spacial score (nSPS) is 10.4. The van der Waals surface area contributed by atoms with Crippen LogP contribution in [0.15, 0.2) is 48.5 Å². The highest BCUT2D eigenvalue weighted by Gasteiger charge is 2.08. The van der Waals surface area contributed by atoms with Gasteiger partial charge in [-0.25, -0.2) is 9.18 Å². The second-order valence-corrected chi connectivity index (χ2v) is 5.14. The number of anilines is 1. The molecule has 0 heterocycles. The van der Waals surface area contributed by atoms with Gasteiger partial charge in [-0.2, -0.15) is 0 Å². The Bertz CT molecular complexity index is 780. The number of carbonyl (C=O) groups is 2. The molecule has 26 heavy (non-hydrogen) atoms. The van der Waals surface area contributed by atoms with Gasteiger partial charge in [0.05, 0.1) is 14.2 Å². The van der Waals surface area contributed by atoms with E-state index in [9.17, 15) is 14.0 Å². The molecule has 0 aliphatic carbocycles. The third-order valence-electron chi connectivity index (χ3n) is 3.26. The third kappa shape index (κ3) is 5.94. The van der Waals surface area contributed by atoms with Gasteiger partial charge in [0.2, 0.25) is 0 Å². The van der Waals surface area contributed by atoms with E-state index in [1.807, 2.05) is 0 Å². The highest BCUT2D eigenvalue weighted by molar-refractivity contribution is 5.94. The Hall–Kier alpha value is -3.35. The molecule has 7 heteroatoms. The first-order valence-electron chi connectivity index (χ1n) is 7.63. The lowest BCUT2D eigenvalue weighted by molar-refractivity contribution is -0.142. The minimum Gasteiger partial charge on any atom is -0.497 e. The first-order valence-corrected chi connectivity index (χ1v) is 7.63. The third-order valence-corrected chi connectivity index (χ3v) is 3.26. The summed E-state index contributed by atoms with van der Waals surface area (Å²) in [7, 11) is 2.99. The molecule has 0 radical (unpaired) electrons. The first-order chi connectivity index (χ1) is 12.5. The van der Waals surface area contributed by atoms with E-state index < -0.39 is 18.5 Å². The Morgan fingerprint density at radius 1 is 1.04 bits per heavy atom. The standard InChI is InChI=1S/C19H18FNO5/c1-24-16-9-15(10-17(11-16)25-2)21-18(22)12-26-19(23)8-5-13-3-6-14(20)7-4-13/h3-11H,12H2,1-2H3,(H,21,22)/b8-5+. The van der Waals surface area contributed by atoms with E-state index in [1.165, 1.54) is 44.6 Å². The van der Waals surface area contributed by atoms with Crippen LogP contribution >= 0.6 is 0 Å². The van der Waals surface area contributed by atoms with Crippen molar-refractivity contribution in [2.75, 3.05) is 26.1 Å². The zero-order valence-electron chi connectivity index (χ0n) is 14.3. The summed E-state index contributed by atoms with van der Waals surface area (Å²) in [4.78, 5) is 23.5. The van der Waals surface area contributed by atoms with Crippen molar-refractivity contribution in [3.8, 4) is 11.5 Å². The fourth-order valence-corrected chi connectivity index (χ4v) is 2.00. The van der Waals surface area contributed by atoms with Crippen LogP contribution in [0.5, 0.6) is 11.5 Å². The van der Waals surface area contributed by atoms with Gasteiger partial charge in [0.15, 0.2) is 6.61 Å². The molecular formula is C19H18FNO5. The Morgan fingerprint density at radius 2 is 1.65 bits per heavy atom. The maximum Gasteiger partial charge on any atom is 0.331 e. The van der Waals surface area contributed by atoms with E-state index in [2.05, 4.69) is 5.32 Å². The van der Waals surface area contributed by atoms with Crippen LogP contribution in [0.3, 0.4) is 0 Å². The summed E-state index contributed by atoms with van der Waals surface area (Å²) in [5.74, 6) is -0.537. The minimum absolute atomic E-state index is 0.365. The van der Waals surface area contributed by atoms with E-state index >= 15 is 0 Å². The molecule has 0 unspecified atom stereocenters. The summed E-state index contributed by atoms with van der Waals surface area (Å²) in [6.45, 7) is -0.452. The summed E-state index contributed by atoms with van der Waals surface area (Å²) in [5, 5.41) is 2.58. The van der Waals surface area contributed by atoms with Crippen LogP contribution in [0.1, 0.15) is 5.56 Å². The summed E-state index contributed by atoms with van der Waals surface area (Å²) >= 11 is 0. The number of hydrogen-bond donors (Lipinski definition) is 1. The molecule has 0 atom stereocenters. The number of ether oxygens (including phenoxy) is 3. The van der Waals surface area contributed by atoms with Crippen molar-refractivity contribution in [3.63, 3.8) is 0 Å². The summed E-state index contributed by atoms with van der Waals surface area (Å²) < 4.78 is 27.9. The average molecular weight is 359 g/mol. The van der Waals surface area contributed by atoms with Gasteiger partial charge in [0, 0.05) is 30.0 Å². The van der Waals surface area contributed by atoms with Crippen molar-refractivity contribution in [2.24, 2.45) is 0 Å². The Morgan fingerprint density at radius 3 is 2.23 bits per heavy atom. The lowest BCUT2D eigenvalue weighted by Crippen LogP contribution is -2.20. The van der Waals surface area contributed by atoms with Crippen molar-refractivity contribution in [1.82, 2.24) is 0 Å².